The number of hydrogen-bond acceptors (Lipinski definition) is 4. The van der Waals surface area contributed by atoms with Gasteiger partial charge in [-0.2, -0.15) is 0 Å². The highest BCUT2D eigenvalue weighted by molar-refractivity contribution is 6.03. The van der Waals surface area contributed by atoms with Crippen molar-refractivity contribution in [2.45, 2.75) is 63.2 Å². The predicted octanol–water partition coefficient (Wildman–Crippen LogP) is 33.5. The minimum Gasteiger partial charge on any atom is -0.457 e. The van der Waals surface area contributed by atoms with Crippen molar-refractivity contribution >= 4 is 51.2 Å². The zero-order valence-corrected chi connectivity index (χ0v) is 72.7. The molecular weight excluding hydrogens is 1550 g/mol. The van der Waals surface area contributed by atoms with Crippen molar-refractivity contribution in [1.29, 1.82) is 0 Å². The zero-order chi connectivity index (χ0) is 86.2. The first-order valence-corrected chi connectivity index (χ1v) is 44.7. The third kappa shape index (κ3) is 13.3. The summed E-state index contributed by atoms with van der Waals surface area (Å²) in [5.41, 5.74) is 37.7. The van der Waals surface area contributed by atoms with Gasteiger partial charge in [0.15, 0.2) is 0 Å². The highest BCUT2D eigenvalue weighted by Gasteiger charge is 2.53. The average molecular weight is 1640 g/mol. The smallest absolute Gasteiger partial charge is 0.130 e. The van der Waals surface area contributed by atoms with Crippen LogP contribution < -0.4 is 19.4 Å². The van der Waals surface area contributed by atoms with Crippen molar-refractivity contribution in [3.63, 3.8) is 0 Å². The molecule has 0 amide bonds. The summed E-state index contributed by atoms with van der Waals surface area (Å²) in [5, 5.41) is 0. The molecule has 3 aliphatic rings. The first-order chi connectivity index (χ1) is 62.8. The van der Waals surface area contributed by atoms with E-state index in [-0.39, 0.29) is 10.8 Å². The maximum absolute atomic E-state index is 7.38. The van der Waals surface area contributed by atoms with Crippen LogP contribution in [0.2, 0.25) is 0 Å². The van der Waals surface area contributed by atoms with Gasteiger partial charge in [-0.1, -0.05) is 399 Å². The minimum absolute atomic E-state index is 0.157. The van der Waals surface area contributed by atoms with Crippen LogP contribution in [-0.2, 0) is 21.7 Å². The van der Waals surface area contributed by atoms with Crippen LogP contribution in [0, 0.1) is 0 Å². The van der Waals surface area contributed by atoms with Gasteiger partial charge >= 0.3 is 0 Å². The Morgan fingerprint density at radius 3 is 0.945 bits per heavy atom. The van der Waals surface area contributed by atoms with Crippen LogP contribution in [0.15, 0.2) is 467 Å². The van der Waals surface area contributed by atoms with E-state index in [1.165, 1.54) is 89.0 Å². The molecule has 0 aliphatic heterocycles. The lowest BCUT2D eigenvalue weighted by Crippen LogP contribution is -2.29. The second-order valence-corrected chi connectivity index (χ2v) is 36.2. The third-order valence-electron chi connectivity index (χ3n) is 26.6. The molecular formula is C124H95N3O. The van der Waals surface area contributed by atoms with Crippen molar-refractivity contribution in [3.05, 3.63) is 523 Å². The van der Waals surface area contributed by atoms with Crippen molar-refractivity contribution in [3.8, 4) is 101 Å². The van der Waals surface area contributed by atoms with E-state index in [4.69, 9.17) is 4.74 Å². The molecule has 0 N–H and O–H groups in total. The minimum atomic E-state index is -0.727. The number of benzene rings is 19. The van der Waals surface area contributed by atoms with Crippen LogP contribution in [0.25, 0.3) is 89.0 Å². The summed E-state index contributed by atoms with van der Waals surface area (Å²) in [6, 6.07) is 174. The number of rotatable bonds is 18. The van der Waals surface area contributed by atoms with Gasteiger partial charge in [-0.05, 0) is 242 Å². The molecule has 19 aromatic carbocycles. The van der Waals surface area contributed by atoms with Crippen LogP contribution in [-0.4, -0.2) is 0 Å². The van der Waals surface area contributed by atoms with E-state index in [0.717, 1.165) is 113 Å². The summed E-state index contributed by atoms with van der Waals surface area (Å²) in [5.74, 6) is 1.42. The summed E-state index contributed by atoms with van der Waals surface area (Å²) >= 11 is 0. The van der Waals surface area contributed by atoms with Crippen LogP contribution >= 0.6 is 0 Å². The first kappa shape index (κ1) is 78.4. The Morgan fingerprint density at radius 2 is 0.492 bits per heavy atom. The van der Waals surface area contributed by atoms with E-state index in [1.54, 1.807) is 0 Å². The summed E-state index contributed by atoms with van der Waals surface area (Å²) in [4.78, 5) is 7.58. The fourth-order valence-corrected chi connectivity index (χ4v) is 21.0. The van der Waals surface area contributed by atoms with E-state index < -0.39 is 10.8 Å². The Bertz CT molecular complexity index is 7310. The fourth-order valence-electron chi connectivity index (χ4n) is 21.0. The molecule has 0 atom stereocenters. The molecule has 3 aliphatic carbocycles. The Hall–Kier alpha value is -15.6. The molecule has 22 rings (SSSR count). The van der Waals surface area contributed by atoms with Gasteiger partial charge < -0.3 is 19.4 Å². The Balaban J connectivity index is 0.845. The summed E-state index contributed by atoms with van der Waals surface area (Å²) in [7, 11) is 0. The van der Waals surface area contributed by atoms with Crippen LogP contribution in [0.4, 0.5) is 51.2 Å². The molecule has 0 fully saturated rings. The predicted molar refractivity (Wildman–Crippen MR) is 535 cm³/mol. The van der Waals surface area contributed by atoms with Gasteiger partial charge in [0.1, 0.15) is 11.5 Å². The Morgan fingerprint density at radius 1 is 0.188 bits per heavy atom. The Labute approximate surface area is 751 Å². The van der Waals surface area contributed by atoms with E-state index >= 15 is 0 Å². The summed E-state index contributed by atoms with van der Waals surface area (Å²) < 4.78 is 7.38. The largest absolute Gasteiger partial charge is 0.457 e. The van der Waals surface area contributed by atoms with Gasteiger partial charge in [-0.15, -0.1) is 0 Å². The van der Waals surface area contributed by atoms with Crippen molar-refractivity contribution in [2.75, 3.05) is 14.7 Å². The second kappa shape index (κ2) is 31.9. The summed E-state index contributed by atoms with van der Waals surface area (Å²) in [6.07, 6.45) is 0. The summed E-state index contributed by atoms with van der Waals surface area (Å²) in [6.45, 7) is 13.9. The van der Waals surface area contributed by atoms with Crippen LogP contribution in [0.3, 0.4) is 0 Å². The maximum Gasteiger partial charge on any atom is 0.130 e. The topological polar surface area (TPSA) is 19.0 Å². The maximum atomic E-state index is 7.38. The molecule has 612 valence electrons. The van der Waals surface area contributed by atoms with Gasteiger partial charge in [0.25, 0.3) is 0 Å². The highest BCUT2D eigenvalue weighted by atomic mass is 16.5. The zero-order valence-electron chi connectivity index (χ0n) is 72.7. The van der Waals surface area contributed by atoms with Crippen molar-refractivity contribution < 1.29 is 4.74 Å². The molecule has 4 heteroatoms. The highest BCUT2D eigenvalue weighted by Crippen LogP contribution is 2.66. The number of para-hydroxylation sites is 3. The molecule has 19 aromatic rings. The van der Waals surface area contributed by atoms with Crippen LogP contribution in [0.5, 0.6) is 11.5 Å². The standard InChI is InChI=1S/C124H95N3O/c1-121(2,3)91-71-73-117(110(79-91)85-43-16-8-17-44-85)125(93-51-24-12-25-52-93)96-75-87(102-62-39-65-109-107-61-31-36-69-115(107)124(120(102)109)113-67-34-28-58-104(113)105-59-29-35-68-114(105)124)76-97(82-96)126(116-70-37-32-57-101(116)84-41-14-7-15-42-84)94-53-38-54-95(81-94)127(118-74-72-92(122(4,5)6)80-111(118)86-45-18-9-19-46-86)98-77-88(78-100(83-98)128-99-55-26-13-27-56-99)103-63-40-64-108-106-60-30-33-66-112(106)123(119(103)108,89-47-20-10-21-48-89)90-49-22-11-23-50-90/h7-83H,1-6H3. The molecule has 0 saturated carbocycles. The first-order valence-electron chi connectivity index (χ1n) is 44.7. The van der Waals surface area contributed by atoms with E-state index in [1.807, 2.05) is 0 Å². The van der Waals surface area contributed by atoms with Gasteiger partial charge in [0.05, 0.1) is 33.6 Å². The van der Waals surface area contributed by atoms with E-state index in [2.05, 4.69) is 523 Å². The van der Waals surface area contributed by atoms with E-state index in [0.29, 0.717) is 5.75 Å². The molecule has 0 radical (unpaired) electrons. The molecule has 0 bridgehead atoms. The van der Waals surface area contributed by atoms with Crippen molar-refractivity contribution in [2.24, 2.45) is 0 Å². The third-order valence-corrected chi connectivity index (χ3v) is 26.6. The molecule has 0 saturated heterocycles. The number of anilines is 9. The monoisotopic (exact) mass is 1640 g/mol. The number of hydrogen-bond donors (Lipinski definition) is 0. The Kier molecular flexibility index (Phi) is 19.5. The molecule has 4 nitrogen and oxygen atoms in total. The lowest BCUT2D eigenvalue weighted by Gasteiger charge is -2.35. The molecule has 128 heavy (non-hydrogen) atoms. The van der Waals surface area contributed by atoms with Gasteiger partial charge in [0.2, 0.25) is 0 Å². The molecule has 0 unspecified atom stereocenters. The van der Waals surface area contributed by atoms with Gasteiger partial charge in [0, 0.05) is 51.2 Å². The normalized spacial score (nSPS) is 12.9. The molecule has 1 spiro atoms. The van der Waals surface area contributed by atoms with Gasteiger partial charge in [-0.3, -0.25) is 0 Å². The average Bonchev–Trinajstić information content (AvgIpc) is 1.49. The lowest BCUT2D eigenvalue weighted by atomic mass is 9.66. The lowest BCUT2D eigenvalue weighted by molar-refractivity contribution is 0.483. The fraction of sp³-hybridized carbons (Fsp3) is 0.0806. The quantitative estimate of drug-likeness (QED) is 0.0852. The molecule has 0 aromatic heterocycles. The number of nitrogens with zero attached hydrogens (tertiary/aromatic N) is 3. The number of ether oxygens (including phenoxy) is 1. The SMILES string of the molecule is CC(C)(C)c1ccc(N(c2cc(Oc3ccccc3)cc(-c3cccc4c3C(c3ccccc3)(c3ccccc3)c3ccccc3-4)c2)c2cccc(N(c3cc(-c4cccc5c4C4(c6ccccc6-c6ccccc64)c4ccccc4-5)cc(N(c4ccccc4)c4ccc(C(C)(C)C)cc4-c4ccccc4)c3)c3ccccc3-c3ccccc3)c2)c(-c2ccccc2)c1. The number of fused-ring (bicyclic) bond motifs is 13. The second-order valence-electron chi connectivity index (χ2n) is 36.2. The van der Waals surface area contributed by atoms with Gasteiger partial charge in [-0.25, -0.2) is 0 Å². The van der Waals surface area contributed by atoms with Crippen molar-refractivity contribution in [1.82, 2.24) is 0 Å². The van der Waals surface area contributed by atoms with Crippen LogP contribution in [0.1, 0.15) is 97.2 Å². The van der Waals surface area contributed by atoms with E-state index in [9.17, 15) is 0 Å². The molecule has 0 heterocycles.